The summed E-state index contributed by atoms with van der Waals surface area (Å²) in [5, 5.41) is 3.11. The van der Waals surface area contributed by atoms with Gasteiger partial charge in [-0.1, -0.05) is 91.0 Å². The highest BCUT2D eigenvalue weighted by Crippen LogP contribution is 2.35. The lowest BCUT2D eigenvalue weighted by Gasteiger charge is -2.51. The van der Waals surface area contributed by atoms with Crippen molar-refractivity contribution in [1.82, 2.24) is 15.1 Å². The summed E-state index contributed by atoms with van der Waals surface area (Å²) in [6.45, 7) is 3.04. The predicted molar refractivity (Wildman–Crippen MR) is 138 cm³/mol. The second-order valence-electron chi connectivity index (χ2n) is 9.73. The monoisotopic (exact) mass is 467 g/mol. The third-order valence-corrected chi connectivity index (χ3v) is 7.52. The van der Waals surface area contributed by atoms with Gasteiger partial charge in [-0.15, -0.1) is 0 Å². The van der Waals surface area contributed by atoms with Gasteiger partial charge >= 0.3 is 0 Å². The third kappa shape index (κ3) is 5.15. The maximum Gasteiger partial charge on any atom is 0.246 e. The zero-order chi connectivity index (χ0) is 24.1. The van der Waals surface area contributed by atoms with Crippen LogP contribution in [0, 0.1) is 0 Å². The van der Waals surface area contributed by atoms with Gasteiger partial charge in [-0.25, -0.2) is 0 Å². The van der Waals surface area contributed by atoms with Gasteiger partial charge in [0.15, 0.2) is 0 Å². The highest BCUT2D eigenvalue weighted by atomic mass is 16.2. The molecule has 1 N–H and O–H groups in total. The molecule has 0 bridgehead atoms. The lowest BCUT2D eigenvalue weighted by atomic mass is 9.80. The Morgan fingerprint density at radius 2 is 1.29 bits per heavy atom. The summed E-state index contributed by atoms with van der Waals surface area (Å²) >= 11 is 0. The van der Waals surface area contributed by atoms with Gasteiger partial charge < -0.3 is 15.1 Å². The van der Waals surface area contributed by atoms with Crippen molar-refractivity contribution in [2.45, 2.75) is 43.8 Å². The molecule has 5 rings (SSSR count). The molecule has 0 saturated carbocycles. The number of rotatable bonds is 7. The number of nitrogens with zero attached hydrogens (tertiary/aromatic N) is 2. The molecule has 1 atom stereocenters. The van der Waals surface area contributed by atoms with E-state index in [0.29, 0.717) is 25.8 Å². The van der Waals surface area contributed by atoms with Gasteiger partial charge in [0.2, 0.25) is 11.8 Å². The van der Waals surface area contributed by atoms with Gasteiger partial charge in [0.1, 0.15) is 11.6 Å². The SMILES string of the molecule is O=C1C(Cc2ccccc2)NC(=O)C2(CCN(CCc3ccccc3)CC2)N1Cc1ccccc1. The summed E-state index contributed by atoms with van der Waals surface area (Å²) in [5.74, 6) is 0.0201. The Balaban J connectivity index is 1.33. The number of nitrogens with one attached hydrogen (secondary N) is 1. The quantitative estimate of drug-likeness (QED) is 0.575. The minimum absolute atomic E-state index is 0.00308. The summed E-state index contributed by atoms with van der Waals surface area (Å²) in [6, 6.07) is 29.9. The van der Waals surface area contributed by atoms with E-state index in [0.717, 1.165) is 37.2 Å². The molecule has 2 fully saturated rings. The fourth-order valence-electron chi connectivity index (χ4n) is 5.43. The molecule has 0 radical (unpaired) electrons. The van der Waals surface area contributed by atoms with Crippen molar-refractivity contribution < 1.29 is 9.59 Å². The van der Waals surface area contributed by atoms with Gasteiger partial charge in [-0.3, -0.25) is 9.59 Å². The Hall–Kier alpha value is -3.44. The first-order valence-corrected chi connectivity index (χ1v) is 12.6. The number of carbonyl (C=O) groups is 2. The number of benzene rings is 3. The van der Waals surface area contributed by atoms with E-state index in [1.54, 1.807) is 0 Å². The molecule has 0 aliphatic carbocycles. The number of carbonyl (C=O) groups excluding carboxylic acids is 2. The summed E-state index contributed by atoms with van der Waals surface area (Å²) in [7, 11) is 0. The first-order valence-electron chi connectivity index (χ1n) is 12.6. The Labute approximate surface area is 207 Å². The number of piperidine rings is 1. The molecular formula is C30H33N3O2. The molecule has 3 aromatic rings. The summed E-state index contributed by atoms with van der Waals surface area (Å²) in [6.07, 6.45) is 2.82. The van der Waals surface area contributed by atoms with Crippen LogP contribution in [0.4, 0.5) is 0 Å². The average Bonchev–Trinajstić information content (AvgIpc) is 2.91. The maximum absolute atomic E-state index is 13.8. The molecule has 0 aromatic heterocycles. The Kier molecular flexibility index (Phi) is 6.96. The molecule has 180 valence electrons. The summed E-state index contributed by atoms with van der Waals surface area (Å²) in [5.41, 5.74) is 2.65. The molecule has 2 amide bonds. The zero-order valence-electron chi connectivity index (χ0n) is 20.1. The van der Waals surface area contributed by atoms with Crippen molar-refractivity contribution in [3.63, 3.8) is 0 Å². The van der Waals surface area contributed by atoms with Crippen molar-refractivity contribution in [3.8, 4) is 0 Å². The van der Waals surface area contributed by atoms with Crippen LogP contribution in [-0.4, -0.2) is 52.8 Å². The highest BCUT2D eigenvalue weighted by Gasteiger charge is 2.53. The van der Waals surface area contributed by atoms with Crippen LogP contribution >= 0.6 is 0 Å². The van der Waals surface area contributed by atoms with Crippen LogP contribution in [0.5, 0.6) is 0 Å². The Morgan fingerprint density at radius 1 is 0.743 bits per heavy atom. The standard InChI is InChI=1S/C30H33N3O2/c34-28-27(22-25-12-6-2-7-13-25)31-29(35)30(33(28)23-26-14-8-3-9-15-26)17-20-32(21-18-30)19-16-24-10-4-1-5-11-24/h1-15,27H,16-23H2,(H,31,35). The van der Waals surface area contributed by atoms with Crippen molar-refractivity contribution in [2.75, 3.05) is 19.6 Å². The van der Waals surface area contributed by atoms with E-state index in [1.807, 2.05) is 71.6 Å². The lowest BCUT2D eigenvalue weighted by Crippen LogP contribution is -2.72. The fraction of sp³-hybridized carbons (Fsp3) is 0.333. The largest absolute Gasteiger partial charge is 0.342 e. The van der Waals surface area contributed by atoms with Gasteiger partial charge in [-0.2, -0.15) is 0 Å². The van der Waals surface area contributed by atoms with E-state index >= 15 is 0 Å². The number of amides is 2. The molecule has 5 heteroatoms. The van der Waals surface area contributed by atoms with Gasteiger partial charge in [0.25, 0.3) is 0 Å². The van der Waals surface area contributed by atoms with Crippen LogP contribution in [0.3, 0.4) is 0 Å². The molecule has 35 heavy (non-hydrogen) atoms. The average molecular weight is 468 g/mol. The first kappa shape index (κ1) is 23.3. The number of piperazine rings is 1. The van der Waals surface area contributed by atoms with Crippen LogP contribution < -0.4 is 5.32 Å². The van der Waals surface area contributed by atoms with Crippen molar-refractivity contribution in [3.05, 3.63) is 108 Å². The topological polar surface area (TPSA) is 52.7 Å². The number of hydrogen-bond donors (Lipinski definition) is 1. The minimum Gasteiger partial charge on any atom is -0.342 e. The van der Waals surface area contributed by atoms with E-state index in [-0.39, 0.29) is 11.8 Å². The third-order valence-electron chi connectivity index (χ3n) is 7.52. The summed E-state index contributed by atoms with van der Waals surface area (Å²) in [4.78, 5) is 31.8. The zero-order valence-corrected chi connectivity index (χ0v) is 20.1. The Morgan fingerprint density at radius 3 is 1.89 bits per heavy atom. The highest BCUT2D eigenvalue weighted by molar-refractivity contribution is 6.00. The molecule has 1 spiro atoms. The summed E-state index contributed by atoms with van der Waals surface area (Å²) < 4.78 is 0. The van der Waals surface area contributed by atoms with Crippen LogP contribution in [0.1, 0.15) is 29.5 Å². The Bertz CT molecular complexity index is 1130. The van der Waals surface area contributed by atoms with Crippen LogP contribution in [-0.2, 0) is 29.0 Å². The maximum atomic E-state index is 13.8. The van der Waals surface area contributed by atoms with E-state index in [2.05, 4.69) is 34.5 Å². The molecule has 2 aliphatic rings. The predicted octanol–water partition coefficient (Wildman–Crippen LogP) is 3.83. The van der Waals surface area contributed by atoms with E-state index < -0.39 is 11.6 Å². The molecule has 2 saturated heterocycles. The smallest absolute Gasteiger partial charge is 0.246 e. The van der Waals surface area contributed by atoms with Gasteiger partial charge in [0.05, 0.1) is 0 Å². The molecular weight excluding hydrogens is 434 g/mol. The van der Waals surface area contributed by atoms with Gasteiger partial charge in [-0.05, 0) is 36.0 Å². The van der Waals surface area contributed by atoms with Crippen LogP contribution in [0.25, 0.3) is 0 Å². The van der Waals surface area contributed by atoms with E-state index in [1.165, 1.54) is 5.56 Å². The number of hydrogen-bond acceptors (Lipinski definition) is 3. The molecule has 5 nitrogen and oxygen atoms in total. The number of likely N-dealkylation sites (tertiary alicyclic amines) is 1. The van der Waals surface area contributed by atoms with Crippen molar-refractivity contribution in [2.24, 2.45) is 0 Å². The van der Waals surface area contributed by atoms with E-state index in [4.69, 9.17) is 0 Å². The van der Waals surface area contributed by atoms with E-state index in [9.17, 15) is 9.59 Å². The molecule has 2 aliphatic heterocycles. The second kappa shape index (κ2) is 10.4. The minimum atomic E-state index is -0.788. The second-order valence-corrected chi connectivity index (χ2v) is 9.73. The first-order chi connectivity index (χ1) is 17.1. The van der Waals surface area contributed by atoms with Crippen LogP contribution in [0.15, 0.2) is 91.0 Å². The molecule has 2 heterocycles. The molecule has 1 unspecified atom stereocenters. The fourth-order valence-corrected chi connectivity index (χ4v) is 5.43. The molecule has 3 aromatic carbocycles. The van der Waals surface area contributed by atoms with Gasteiger partial charge in [0, 0.05) is 32.6 Å². The normalized spacial score (nSPS) is 20.1. The van der Waals surface area contributed by atoms with Crippen molar-refractivity contribution >= 4 is 11.8 Å². The van der Waals surface area contributed by atoms with Crippen LogP contribution in [0.2, 0.25) is 0 Å². The lowest BCUT2D eigenvalue weighted by molar-refractivity contribution is -0.162. The van der Waals surface area contributed by atoms with Crippen molar-refractivity contribution in [1.29, 1.82) is 0 Å².